The molecule has 0 spiro atoms. The predicted octanol–water partition coefficient (Wildman–Crippen LogP) is 5.71. The molecule has 8 nitrogen and oxygen atoms in total. The molecular formula is C34H38N2O6. The van der Waals surface area contributed by atoms with Crippen LogP contribution in [0.15, 0.2) is 48.5 Å². The number of amides is 2. The lowest BCUT2D eigenvalue weighted by Gasteiger charge is -2.19. The van der Waals surface area contributed by atoms with Crippen LogP contribution in [-0.2, 0) is 27.3 Å². The van der Waals surface area contributed by atoms with Crippen molar-refractivity contribution in [3.05, 3.63) is 87.5 Å². The van der Waals surface area contributed by atoms with E-state index in [1.165, 1.54) is 5.56 Å². The Kier molecular flexibility index (Phi) is 7.99. The van der Waals surface area contributed by atoms with Crippen LogP contribution in [0.1, 0.15) is 71.6 Å². The van der Waals surface area contributed by atoms with Crippen molar-refractivity contribution >= 4 is 18.0 Å². The molecule has 0 fully saturated rings. The zero-order valence-corrected chi connectivity index (χ0v) is 24.8. The van der Waals surface area contributed by atoms with Gasteiger partial charge in [-0.1, -0.05) is 48.5 Å². The first-order chi connectivity index (χ1) is 20.0. The monoisotopic (exact) mass is 570 g/mol. The van der Waals surface area contributed by atoms with Gasteiger partial charge in [0, 0.05) is 30.9 Å². The van der Waals surface area contributed by atoms with E-state index in [1.807, 2.05) is 62.4 Å². The molecule has 1 heterocycles. The smallest absolute Gasteiger partial charge is 0.407 e. The van der Waals surface area contributed by atoms with Crippen LogP contribution >= 0.6 is 0 Å². The zero-order valence-electron chi connectivity index (χ0n) is 24.8. The Morgan fingerprint density at radius 2 is 1.60 bits per heavy atom. The van der Waals surface area contributed by atoms with Gasteiger partial charge in [-0.05, 0) is 85.5 Å². The van der Waals surface area contributed by atoms with Crippen molar-refractivity contribution in [1.29, 1.82) is 0 Å². The number of carboxylic acid groups (broad SMARTS) is 1. The summed E-state index contributed by atoms with van der Waals surface area (Å²) >= 11 is 0. The molecule has 5 rings (SSSR count). The van der Waals surface area contributed by atoms with Gasteiger partial charge in [-0.15, -0.1) is 0 Å². The van der Waals surface area contributed by atoms with Crippen molar-refractivity contribution in [1.82, 2.24) is 10.6 Å². The Morgan fingerprint density at radius 3 is 2.21 bits per heavy atom. The van der Waals surface area contributed by atoms with E-state index in [2.05, 4.69) is 31.4 Å². The van der Waals surface area contributed by atoms with Crippen molar-refractivity contribution in [2.75, 3.05) is 6.61 Å². The van der Waals surface area contributed by atoms with Crippen LogP contribution in [0.5, 0.6) is 5.75 Å². The normalized spacial score (nSPS) is 15.2. The highest BCUT2D eigenvalue weighted by molar-refractivity contribution is 5.82. The summed E-state index contributed by atoms with van der Waals surface area (Å²) in [6.45, 7) is 10.7. The molecule has 3 N–H and O–H groups in total. The van der Waals surface area contributed by atoms with Crippen molar-refractivity contribution in [3.63, 3.8) is 0 Å². The maximum atomic E-state index is 12.7. The van der Waals surface area contributed by atoms with Crippen molar-refractivity contribution < 1.29 is 29.0 Å². The number of fused-ring (bicyclic) bond motifs is 4. The Morgan fingerprint density at radius 1 is 0.976 bits per heavy atom. The number of rotatable bonds is 9. The Bertz CT molecular complexity index is 1510. The van der Waals surface area contributed by atoms with E-state index >= 15 is 0 Å². The second-order valence-corrected chi connectivity index (χ2v) is 11.9. The van der Waals surface area contributed by atoms with E-state index in [-0.39, 0.29) is 36.9 Å². The molecule has 0 radical (unpaired) electrons. The first kappa shape index (κ1) is 29.2. The number of benzene rings is 3. The van der Waals surface area contributed by atoms with Crippen molar-refractivity contribution in [3.8, 4) is 16.9 Å². The number of ether oxygens (including phenoxy) is 2. The van der Waals surface area contributed by atoms with Gasteiger partial charge in [-0.25, -0.2) is 9.59 Å². The molecule has 0 unspecified atom stereocenters. The average Bonchev–Trinajstić information content (AvgIpc) is 3.46. The Balaban J connectivity index is 1.15. The molecule has 1 aliphatic carbocycles. The molecule has 1 aliphatic heterocycles. The third-order valence-electron chi connectivity index (χ3n) is 8.57. The predicted molar refractivity (Wildman–Crippen MR) is 160 cm³/mol. The summed E-state index contributed by atoms with van der Waals surface area (Å²) in [5.74, 6) is -0.706. The van der Waals surface area contributed by atoms with Gasteiger partial charge < -0.3 is 25.2 Å². The second-order valence-electron chi connectivity index (χ2n) is 11.9. The summed E-state index contributed by atoms with van der Waals surface area (Å²) < 4.78 is 11.7. The van der Waals surface area contributed by atoms with Gasteiger partial charge in [0.1, 0.15) is 24.0 Å². The van der Waals surface area contributed by atoms with E-state index in [9.17, 15) is 19.5 Å². The summed E-state index contributed by atoms with van der Waals surface area (Å²) in [6.07, 6.45) is -0.138. The summed E-state index contributed by atoms with van der Waals surface area (Å²) in [4.78, 5) is 37.3. The van der Waals surface area contributed by atoms with Crippen LogP contribution < -0.4 is 15.4 Å². The van der Waals surface area contributed by atoms with Crippen molar-refractivity contribution in [2.24, 2.45) is 0 Å². The van der Waals surface area contributed by atoms with Crippen LogP contribution in [0.25, 0.3) is 11.1 Å². The second kappa shape index (κ2) is 11.5. The number of nitrogens with one attached hydrogen (secondary N) is 2. The van der Waals surface area contributed by atoms with Gasteiger partial charge in [-0.3, -0.25) is 4.79 Å². The quantitative estimate of drug-likeness (QED) is 0.304. The lowest BCUT2D eigenvalue weighted by molar-refractivity contribution is -0.139. The first-order valence-electron chi connectivity index (χ1n) is 14.4. The minimum absolute atomic E-state index is 0.0568. The minimum atomic E-state index is -1.25. The first-order valence-corrected chi connectivity index (χ1v) is 14.4. The number of carbonyl (C=O) groups excluding carboxylic acids is 2. The summed E-state index contributed by atoms with van der Waals surface area (Å²) in [5, 5.41) is 15.1. The molecule has 0 bridgehead atoms. The molecular weight excluding hydrogens is 532 g/mol. The molecule has 8 heteroatoms. The third kappa shape index (κ3) is 5.71. The molecule has 2 aliphatic rings. The molecule has 2 amide bonds. The molecule has 1 atom stereocenters. The molecule has 3 aromatic carbocycles. The number of carbonyl (C=O) groups is 3. The molecule has 3 aromatic rings. The van der Waals surface area contributed by atoms with Crippen LogP contribution in [0.4, 0.5) is 4.79 Å². The zero-order chi connectivity index (χ0) is 30.2. The number of hydrogen-bond donors (Lipinski definition) is 3. The number of alkyl carbamates (subject to hydrolysis) is 1. The van der Waals surface area contributed by atoms with E-state index in [1.54, 1.807) is 0 Å². The lowest BCUT2D eigenvalue weighted by atomic mass is 9.89. The van der Waals surface area contributed by atoms with Gasteiger partial charge in [0.25, 0.3) is 0 Å². The Hall–Kier alpha value is -4.33. The van der Waals surface area contributed by atoms with Crippen LogP contribution in [-0.4, -0.2) is 41.3 Å². The van der Waals surface area contributed by atoms with Gasteiger partial charge in [0.2, 0.25) is 5.91 Å². The van der Waals surface area contributed by atoms with Crippen LogP contribution in [0.2, 0.25) is 0 Å². The van der Waals surface area contributed by atoms with E-state index < -0.39 is 18.1 Å². The van der Waals surface area contributed by atoms with Gasteiger partial charge >= 0.3 is 12.1 Å². The highest BCUT2D eigenvalue weighted by Crippen LogP contribution is 2.45. The van der Waals surface area contributed by atoms with Gasteiger partial charge in [0.05, 0.1) is 0 Å². The van der Waals surface area contributed by atoms with Gasteiger partial charge in [0.15, 0.2) is 0 Å². The molecule has 0 saturated carbocycles. The Labute approximate surface area is 246 Å². The summed E-state index contributed by atoms with van der Waals surface area (Å²) in [7, 11) is 0. The SMILES string of the molecule is Cc1c(C)c2c(c(C)c1CNC(=O)CC[C@H](NC(=O)OCC1c3ccccc3-c3ccccc31)C(=O)O)CC(C)(C)O2. The van der Waals surface area contributed by atoms with Crippen molar-refractivity contribution in [2.45, 2.75) is 78.0 Å². The van der Waals surface area contributed by atoms with Crippen LogP contribution in [0.3, 0.4) is 0 Å². The number of hydrogen-bond acceptors (Lipinski definition) is 5. The molecule has 220 valence electrons. The highest BCUT2D eigenvalue weighted by Gasteiger charge is 2.34. The van der Waals surface area contributed by atoms with E-state index in [0.717, 1.165) is 56.7 Å². The van der Waals surface area contributed by atoms with E-state index in [0.29, 0.717) is 6.54 Å². The molecule has 42 heavy (non-hydrogen) atoms. The maximum absolute atomic E-state index is 12.7. The summed E-state index contributed by atoms with van der Waals surface area (Å²) in [5.41, 5.74) is 9.56. The average molecular weight is 571 g/mol. The highest BCUT2D eigenvalue weighted by atomic mass is 16.5. The topological polar surface area (TPSA) is 114 Å². The number of carboxylic acids is 1. The van der Waals surface area contributed by atoms with Gasteiger partial charge in [-0.2, -0.15) is 0 Å². The molecule has 0 aromatic heterocycles. The largest absolute Gasteiger partial charge is 0.487 e. The van der Waals surface area contributed by atoms with Crippen LogP contribution in [0, 0.1) is 20.8 Å². The fourth-order valence-corrected chi connectivity index (χ4v) is 6.20. The maximum Gasteiger partial charge on any atom is 0.407 e. The standard InChI is InChI=1S/C34H38N2O6/c1-19-20(2)31-26(16-34(4,5)42-31)21(3)27(19)17-35-30(37)15-14-29(32(38)39)36-33(40)41-18-28-24-12-8-6-10-22(24)23-11-7-9-13-25(23)28/h6-13,28-29H,14-18H2,1-5H3,(H,35,37)(H,36,40)(H,38,39)/t29-/m0/s1. The molecule has 0 saturated heterocycles. The minimum Gasteiger partial charge on any atom is -0.487 e. The summed E-state index contributed by atoms with van der Waals surface area (Å²) in [6, 6.07) is 14.7. The number of aliphatic carboxylic acids is 1. The fourth-order valence-electron chi connectivity index (χ4n) is 6.20. The fraction of sp³-hybridized carbons (Fsp3) is 0.382. The third-order valence-corrected chi connectivity index (χ3v) is 8.57. The van der Waals surface area contributed by atoms with E-state index in [4.69, 9.17) is 9.47 Å². The lowest BCUT2D eigenvalue weighted by Crippen LogP contribution is -2.42.